The second kappa shape index (κ2) is 3.63. The van der Waals surface area contributed by atoms with Crippen molar-refractivity contribution in [1.29, 1.82) is 0 Å². The molecule has 2 aliphatic carbocycles. The van der Waals surface area contributed by atoms with Gasteiger partial charge in [-0.25, -0.2) is 0 Å². The molecule has 2 rings (SSSR count). The summed E-state index contributed by atoms with van der Waals surface area (Å²) in [5.41, 5.74) is 0.283. The number of hydrogen-bond acceptors (Lipinski definition) is 2. The van der Waals surface area contributed by atoms with Crippen molar-refractivity contribution < 1.29 is 18.3 Å². The van der Waals surface area contributed by atoms with Crippen LogP contribution in [0.5, 0.6) is 0 Å². The molecule has 0 radical (unpaired) electrons. The summed E-state index contributed by atoms with van der Waals surface area (Å²) in [6, 6.07) is 0. The van der Waals surface area contributed by atoms with Crippen LogP contribution < -0.4 is 5.32 Å². The lowest BCUT2D eigenvalue weighted by molar-refractivity contribution is -0.201. The highest BCUT2D eigenvalue weighted by atomic mass is 19.4. The van der Waals surface area contributed by atoms with E-state index in [1.807, 2.05) is 0 Å². The molecule has 0 aromatic carbocycles. The van der Waals surface area contributed by atoms with Gasteiger partial charge in [-0.2, -0.15) is 13.2 Å². The van der Waals surface area contributed by atoms with Gasteiger partial charge in [-0.3, -0.25) is 0 Å². The van der Waals surface area contributed by atoms with E-state index in [0.717, 1.165) is 18.8 Å². The molecule has 2 saturated carbocycles. The van der Waals surface area contributed by atoms with Crippen LogP contribution in [0.4, 0.5) is 13.2 Å². The van der Waals surface area contributed by atoms with Crippen molar-refractivity contribution >= 4 is 0 Å². The van der Waals surface area contributed by atoms with Gasteiger partial charge in [0.2, 0.25) is 0 Å². The molecule has 0 spiro atoms. The van der Waals surface area contributed by atoms with Gasteiger partial charge in [-0.1, -0.05) is 0 Å². The van der Waals surface area contributed by atoms with Crippen molar-refractivity contribution in [2.75, 3.05) is 13.1 Å². The van der Waals surface area contributed by atoms with E-state index >= 15 is 0 Å². The van der Waals surface area contributed by atoms with E-state index in [9.17, 15) is 13.2 Å². The normalized spacial score (nSPS) is 26.4. The summed E-state index contributed by atoms with van der Waals surface area (Å²) >= 11 is 0. The van der Waals surface area contributed by atoms with Gasteiger partial charge in [0.05, 0.1) is 0 Å². The van der Waals surface area contributed by atoms with Gasteiger partial charge in [0.25, 0.3) is 0 Å². The fraction of sp³-hybridized carbons (Fsp3) is 1.00. The van der Waals surface area contributed by atoms with E-state index in [-0.39, 0.29) is 12.0 Å². The van der Waals surface area contributed by atoms with Crippen LogP contribution in [0.15, 0.2) is 0 Å². The van der Waals surface area contributed by atoms with Crippen LogP contribution in [0, 0.1) is 11.3 Å². The van der Waals surface area contributed by atoms with Crippen molar-refractivity contribution in [3.63, 3.8) is 0 Å². The van der Waals surface area contributed by atoms with Gasteiger partial charge >= 0.3 is 6.18 Å². The Hall–Kier alpha value is -0.290. The molecule has 0 saturated heterocycles. The number of aliphatic hydroxyl groups is 1. The quantitative estimate of drug-likeness (QED) is 0.743. The number of hydrogen-bond donors (Lipinski definition) is 2. The molecular formula is C10H16F3NO. The maximum absolute atomic E-state index is 12.0. The Morgan fingerprint density at radius 1 is 1.33 bits per heavy atom. The third kappa shape index (κ3) is 2.64. The highest BCUT2D eigenvalue weighted by Gasteiger charge is 2.53. The summed E-state index contributed by atoms with van der Waals surface area (Å²) in [5, 5.41) is 11.5. The molecule has 0 aromatic rings. The van der Waals surface area contributed by atoms with Crippen LogP contribution in [0.2, 0.25) is 0 Å². The molecule has 2 nitrogen and oxygen atoms in total. The third-order valence-corrected chi connectivity index (χ3v) is 3.53. The molecule has 0 heterocycles. The van der Waals surface area contributed by atoms with Crippen LogP contribution in [0.3, 0.4) is 0 Å². The number of rotatable bonds is 5. The fourth-order valence-electron chi connectivity index (χ4n) is 2.16. The van der Waals surface area contributed by atoms with Crippen LogP contribution in [0.25, 0.3) is 0 Å². The largest absolute Gasteiger partial charge is 0.415 e. The highest BCUT2D eigenvalue weighted by Crippen LogP contribution is 2.60. The van der Waals surface area contributed by atoms with E-state index in [1.54, 1.807) is 0 Å². The Morgan fingerprint density at radius 3 is 2.33 bits per heavy atom. The van der Waals surface area contributed by atoms with E-state index < -0.39 is 12.3 Å². The maximum Gasteiger partial charge on any atom is 0.415 e. The predicted octanol–water partition coefficient (Wildman–Crippen LogP) is 1.69. The molecule has 0 bridgehead atoms. The first kappa shape index (κ1) is 11.2. The van der Waals surface area contributed by atoms with E-state index in [2.05, 4.69) is 5.32 Å². The van der Waals surface area contributed by atoms with Gasteiger partial charge in [0.1, 0.15) is 0 Å². The molecule has 0 aromatic heterocycles. The summed E-state index contributed by atoms with van der Waals surface area (Å²) < 4.78 is 35.9. The van der Waals surface area contributed by atoms with Gasteiger partial charge in [0.15, 0.2) is 6.10 Å². The molecule has 2 fully saturated rings. The second-order valence-corrected chi connectivity index (χ2v) is 4.82. The van der Waals surface area contributed by atoms with E-state index in [1.165, 1.54) is 12.8 Å². The molecule has 2 aliphatic rings. The Bertz CT molecular complexity index is 233. The number of halogens is 3. The second-order valence-electron chi connectivity index (χ2n) is 4.82. The first-order chi connectivity index (χ1) is 6.94. The van der Waals surface area contributed by atoms with Gasteiger partial charge in [0, 0.05) is 13.1 Å². The summed E-state index contributed by atoms with van der Waals surface area (Å²) in [5.74, 6) is 0.730. The molecular weight excluding hydrogens is 207 g/mol. The average Bonchev–Trinajstić information content (AvgIpc) is 2.97. The Morgan fingerprint density at radius 2 is 1.93 bits per heavy atom. The van der Waals surface area contributed by atoms with E-state index in [0.29, 0.717) is 6.54 Å². The van der Waals surface area contributed by atoms with Crippen LogP contribution in [0.1, 0.15) is 25.7 Å². The number of nitrogens with one attached hydrogen (secondary N) is 1. The SMILES string of the molecule is OC(CNCC1(C2CC2)CC1)C(F)(F)F. The van der Waals surface area contributed by atoms with Crippen molar-refractivity contribution in [2.24, 2.45) is 11.3 Å². The average molecular weight is 223 g/mol. The summed E-state index contributed by atoms with van der Waals surface area (Å²) in [7, 11) is 0. The maximum atomic E-state index is 12.0. The molecule has 15 heavy (non-hydrogen) atoms. The fourth-order valence-corrected chi connectivity index (χ4v) is 2.16. The number of alkyl halides is 3. The topological polar surface area (TPSA) is 32.3 Å². The van der Waals surface area contributed by atoms with Crippen LogP contribution in [-0.2, 0) is 0 Å². The van der Waals surface area contributed by atoms with Crippen molar-refractivity contribution in [1.82, 2.24) is 5.32 Å². The summed E-state index contributed by atoms with van der Waals surface area (Å²) in [4.78, 5) is 0. The smallest absolute Gasteiger partial charge is 0.382 e. The minimum absolute atomic E-state index is 0.283. The molecule has 0 amide bonds. The van der Waals surface area contributed by atoms with Crippen molar-refractivity contribution in [3.8, 4) is 0 Å². The lowest BCUT2D eigenvalue weighted by Crippen LogP contribution is -2.40. The minimum Gasteiger partial charge on any atom is -0.382 e. The predicted molar refractivity (Wildman–Crippen MR) is 49.3 cm³/mol. The summed E-state index contributed by atoms with van der Waals surface area (Å²) in [6.07, 6.45) is -2.01. The van der Waals surface area contributed by atoms with Gasteiger partial charge in [-0.05, 0) is 37.0 Å². The van der Waals surface area contributed by atoms with Crippen molar-refractivity contribution in [3.05, 3.63) is 0 Å². The summed E-state index contributed by atoms with van der Waals surface area (Å²) in [6.45, 7) is 0.253. The molecule has 2 N–H and O–H groups in total. The van der Waals surface area contributed by atoms with E-state index in [4.69, 9.17) is 5.11 Å². The minimum atomic E-state index is -4.50. The van der Waals surface area contributed by atoms with Crippen LogP contribution in [-0.4, -0.2) is 30.5 Å². The molecule has 5 heteroatoms. The zero-order valence-corrected chi connectivity index (χ0v) is 8.48. The number of aliphatic hydroxyl groups excluding tert-OH is 1. The monoisotopic (exact) mass is 223 g/mol. The van der Waals surface area contributed by atoms with Crippen molar-refractivity contribution in [2.45, 2.75) is 38.0 Å². The Balaban J connectivity index is 1.66. The van der Waals surface area contributed by atoms with Gasteiger partial charge < -0.3 is 10.4 Å². The molecule has 1 unspecified atom stereocenters. The van der Waals surface area contributed by atoms with Gasteiger partial charge in [-0.15, -0.1) is 0 Å². The standard InChI is InChI=1S/C10H16F3NO/c11-10(12,13)8(15)5-14-6-9(3-4-9)7-1-2-7/h7-8,14-15H,1-6H2. The molecule has 88 valence electrons. The molecule has 1 atom stereocenters. The molecule has 0 aliphatic heterocycles. The first-order valence-corrected chi connectivity index (χ1v) is 5.40. The third-order valence-electron chi connectivity index (χ3n) is 3.53. The Labute approximate surface area is 86.9 Å². The lowest BCUT2D eigenvalue weighted by atomic mass is 10.0. The zero-order valence-electron chi connectivity index (χ0n) is 8.48. The Kier molecular flexibility index (Phi) is 2.71. The lowest BCUT2D eigenvalue weighted by Gasteiger charge is -2.18. The van der Waals surface area contributed by atoms with Crippen LogP contribution >= 0.6 is 0 Å². The highest BCUT2D eigenvalue weighted by molar-refractivity contribution is 5.05. The zero-order chi connectivity index (χ0) is 11.1. The first-order valence-electron chi connectivity index (χ1n) is 5.40.